The fourth-order valence-electron chi connectivity index (χ4n) is 2.73. The second kappa shape index (κ2) is 7.25. The van der Waals surface area contributed by atoms with E-state index in [9.17, 15) is 14.7 Å². The molecule has 1 atom stereocenters. The highest BCUT2D eigenvalue weighted by Gasteiger charge is 2.27. The van der Waals surface area contributed by atoms with E-state index < -0.39 is 12.1 Å². The zero-order chi connectivity index (χ0) is 19.0. The molecule has 0 amide bonds. The van der Waals surface area contributed by atoms with E-state index >= 15 is 0 Å². The van der Waals surface area contributed by atoms with Gasteiger partial charge in [-0.2, -0.15) is 0 Å². The summed E-state index contributed by atoms with van der Waals surface area (Å²) in [6, 6.07) is 10.2. The van der Waals surface area contributed by atoms with Crippen LogP contribution in [0.1, 0.15) is 41.6 Å². The van der Waals surface area contributed by atoms with Crippen LogP contribution in [0.15, 0.2) is 49.8 Å². The minimum absolute atomic E-state index is 0.00658. The summed E-state index contributed by atoms with van der Waals surface area (Å²) < 4.78 is 11.8. The summed E-state index contributed by atoms with van der Waals surface area (Å²) in [7, 11) is 0. The number of furan rings is 1. The zero-order valence-electron chi connectivity index (χ0n) is 13.9. The molecule has 1 aromatic heterocycles. The van der Waals surface area contributed by atoms with Gasteiger partial charge in [0.2, 0.25) is 0 Å². The van der Waals surface area contributed by atoms with Crippen LogP contribution >= 0.6 is 31.9 Å². The normalized spacial score (nSPS) is 12.2. The maximum Gasteiger partial charge on any atom is 0.303 e. The summed E-state index contributed by atoms with van der Waals surface area (Å²) >= 11 is 6.47. The van der Waals surface area contributed by atoms with Gasteiger partial charge in [-0.05, 0) is 57.0 Å². The fourth-order valence-corrected chi connectivity index (χ4v) is 3.91. The number of phenolic OH excluding ortho intramolecular Hbond substituents is 1. The van der Waals surface area contributed by atoms with Gasteiger partial charge in [0.25, 0.3) is 0 Å². The first-order chi connectivity index (χ1) is 12.3. The molecule has 0 saturated heterocycles. The molecule has 0 radical (unpaired) electrons. The predicted molar refractivity (Wildman–Crippen MR) is 103 cm³/mol. The molecule has 26 heavy (non-hydrogen) atoms. The number of para-hydroxylation sites is 1. The lowest BCUT2D eigenvalue weighted by molar-refractivity contribution is -0.146. The number of ketones is 1. The van der Waals surface area contributed by atoms with Crippen molar-refractivity contribution in [3.8, 4) is 5.75 Å². The van der Waals surface area contributed by atoms with Gasteiger partial charge in [-0.25, -0.2) is 0 Å². The second-order valence-corrected chi connectivity index (χ2v) is 7.42. The van der Waals surface area contributed by atoms with Gasteiger partial charge in [-0.1, -0.05) is 18.2 Å². The van der Waals surface area contributed by atoms with Crippen LogP contribution in [0, 0.1) is 0 Å². The number of esters is 1. The summed E-state index contributed by atoms with van der Waals surface area (Å²) in [5, 5.41) is 10.5. The van der Waals surface area contributed by atoms with Gasteiger partial charge in [0, 0.05) is 17.9 Å². The lowest BCUT2D eigenvalue weighted by Gasteiger charge is -2.11. The number of hydrogen-bond acceptors (Lipinski definition) is 5. The molecular weight excluding hydrogens is 468 g/mol. The SMILES string of the molecule is CC(=O)OC(C)c1oc2ccccc2c1C(=O)c1cc(Br)c(O)c(Br)c1. The molecule has 3 aromatic rings. The molecule has 0 aliphatic rings. The highest BCUT2D eigenvalue weighted by molar-refractivity contribution is 9.11. The van der Waals surface area contributed by atoms with Crippen molar-refractivity contribution in [1.29, 1.82) is 0 Å². The van der Waals surface area contributed by atoms with Crippen molar-refractivity contribution in [1.82, 2.24) is 0 Å². The van der Waals surface area contributed by atoms with Gasteiger partial charge in [-0.3, -0.25) is 9.59 Å². The van der Waals surface area contributed by atoms with E-state index in [1.807, 2.05) is 0 Å². The first-order valence-corrected chi connectivity index (χ1v) is 9.29. The number of hydrogen-bond donors (Lipinski definition) is 1. The first-order valence-electron chi connectivity index (χ1n) is 7.71. The third-order valence-corrected chi connectivity index (χ3v) is 5.05. The van der Waals surface area contributed by atoms with Crippen LogP contribution in [0.4, 0.5) is 0 Å². The molecule has 0 bridgehead atoms. The van der Waals surface area contributed by atoms with E-state index in [2.05, 4.69) is 31.9 Å². The lowest BCUT2D eigenvalue weighted by Crippen LogP contribution is -2.10. The Morgan fingerprint density at radius 3 is 2.38 bits per heavy atom. The maximum absolute atomic E-state index is 13.2. The summed E-state index contributed by atoms with van der Waals surface area (Å²) in [5.41, 5.74) is 1.21. The number of carbonyl (C=O) groups excluding carboxylic acids is 2. The van der Waals surface area contributed by atoms with Gasteiger partial charge < -0.3 is 14.3 Å². The number of carbonyl (C=O) groups is 2. The molecule has 0 spiro atoms. The van der Waals surface area contributed by atoms with E-state index in [0.29, 0.717) is 31.0 Å². The number of aromatic hydroxyl groups is 1. The molecule has 1 unspecified atom stereocenters. The Kier molecular flexibility index (Phi) is 5.20. The molecular formula is C19H14Br2O5. The molecule has 3 rings (SSSR count). The van der Waals surface area contributed by atoms with Crippen molar-refractivity contribution < 1.29 is 23.8 Å². The number of halogens is 2. The Balaban J connectivity index is 2.19. The minimum Gasteiger partial charge on any atom is -0.506 e. The average Bonchev–Trinajstić information content (AvgIpc) is 2.97. The molecule has 134 valence electrons. The monoisotopic (exact) mass is 480 g/mol. The Morgan fingerprint density at radius 1 is 1.15 bits per heavy atom. The summed E-state index contributed by atoms with van der Waals surface area (Å²) in [4.78, 5) is 24.6. The molecule has 2 aromatic carbocycles. The van der Waals surface area contributed by atoms with Crippen LogP contribution < -0.4 is 0 Å². The summed E-state index contributed by atoms with van der Waals surface area (Å²) in [6.45, 7) is 2.95. The Labute approximate surface area is 166 Å². The van der Waals surface area contributed by atoms with E-state index in [1.165, 1.54) is 19.1 Å². The van der Waals surface area contributed by atoms with Gasteiger partial charge in [0.1, 0.15) is 11.3 Å². The van der Waals surface area contributed by atoms with E-state index in [0.717, 1.165) is 0 Å². The van der Waals surface area contributed by atoms with E-state index in [1.54, 1.807) is 31.2 Å². The number of phenols is 1. The quantitative estimate of drug-likeness (QED) is 0.392. The van der Waals surface area contributed by atoms with Crippen molar-refractivity contribution in [2.75, 3.05) is 0 Å². The summed E-state index contributed by atoms with van der Waals surface area (Å²) in [6.07, 6.45) is -0.720. The molecule has 5 nitrogen and oxygen atoms in total. The Morgan fingerprint density at radius 2 is 1.77 bits per heavy atom. The van der Waals surface area contributed by atoms with Crippen LogP contribution in [0.5, 0.6) is 5.75 Å². The fraction of sp³-hybridized carbons (Fsp3) is 0.158. The Hall–Kier alpha value is -2.12. The highest BCUT2D eigenvalue weighted by atomic mass is 79.9. The van der Waals surface area contributed by atoms with E-state index in [4.69, 9.17) is 9.15 Å². The number of ether oxygens (including phenoxy) is 1. The molecule has 1 heterocycles. The number of rotatable bonds is 4. The third-order valence-electron chi connectivity index (χ3n) is 3.84. The van der Waals surface area contributed by atoms with Gasteiger partial charge >= 0.3 is 5.97 Å². The van der Waals surface area contributed by atoms with Crippen LogP contribution in [0.3, 0.4) is 0 Å². The second-order valence-electron chi connectivity index (χ2n) is 5.71. The third kappa shape index (κ3) is 3.41. The molecule has 0 saturated carbocycles. The lowest BCUT2D eigenvalue weighted by atomic mass is 9.98. The predicted octanol–water partition coefficient (Wildman–Crippen LogP) is 5.52. The number of benzene rings is 2. The van der Waals surface area contributed by atoms with Crippen LogP contribution in [-0.4, -0.2) is 16.9 Å². The minimum atomic E-state index is -0.720. The zero-order valence-corrected chi connectivity index (χ0v) is 17.0. The maximum atomic E-state index is 13.2. The summed E-state index contributed by atoms with van der Waals surface area (Å²) in [5.74, 6) is -0.476. The topological polar surface area (TPSA) is 76.7 Å². The average molecular weight is 482 g/mol. The van der Waals surface area contributed by atoms with Crippen molar-refractivity contribution >= 4 is 54.6 Å². The van der Waals surface area contributed by atoms with Gasteiger partial charge in [-0.15, -0.1) is 0 Å². The Bertz CT molecular complexity index is 999. The molecule has 0 aliphatic carbocycles. The van der Waals surface area contributed by atoms with Gasteiger partial charge in [0.15, 0.2) is 17.6 Å². The molecule has 0 fully saturated rings. The van der Waals surface area contributed by atoms with Crippen molar-refractivity contribution in [2.45, 2.75) is 20.0 Å². The molecule has 1 N–H and O–H groups in total. The highest BCUT2D eigenvalue weighted by Crippen LogP contribution is 2.37. The smallest absolute Gasteiger partial charge is 0.303 e. The van der Waals surface area contributed by atoms with Crippen molar-refractivity contribution in [3.63, 3.8) is 0 Å². The van der Waals surface area contributed by atoms with Crippen molar-refractivity contribution in [3.05, 3.63) is 62.2 Å². The van der Waals surface area contributed by atoms with Crippen LogP contribution in [0.2, 0.25) is 0 Å². The molecule has 7 heteroatoms. The van der Waals surface area contributed by atoms with E-state index in [-0.39, 0.29) is 17.3 Å². The standard InChI is InChI=1S/C19H14Br2O5/c1-9(25-10(2)22)19-16(12-5-3-4-6-15(12)26-19)17(23)11-7-13(20)18(24)14(21)8-11/h3-9,24H,1-2H3. The van der Waals surface area contributed by atoms with Crippen LogP contribution in [-0.2, 0) is 9.53 Å². The van der Waals surface area contributed by atoms with Gasteiger partial charge in [0.05, 0.1) is 14.5 Å². The van der Waals surface area contributed by atoms with Crippen LogP contribution in [0.25, 0.3) is 11.0 Å². The largest absolute Gasteiger partial charge is 0.506 e. The number of fused-ring (bicyclic) bond motifs is 1. The molecule has 0 aliphatic heterocycles. The first kappa shape index (κ1) is 18.7. The van der Waals surface area contributed by atoms with Crippen molar-refractivity contribution in [2.24, 2.45) is 0 Å².